The fourth-order valence-corrected chi connectivity index (χ4v) is 7.88. The first-order chi connectivity index (χ1) is 26.2. The summed E-state index contributed by atoms with van der Waals surface area (Å²) in [6.45, 7) is 2.15. The van der Waals surface area contributed by atoms with Gasteiger partial charge >= 0.3 is 0 Å². The SMILES string of the molecule is Cc1ccc(-c2ccc3c4c(cccc24)-c2c-3c(-c3ccccc3)c3ccccc3c2-c2ccccc2)cc1.Nc1ccccc1Nc1ccccc1. The van der Waals surface area contributed by atoms with E-state index in [2.05, 4.69) is 152 Å². The first-order valence-corrected chi connectivity index (χ1v) is 18.2. The van der Waals surface area contributed by atoms with Gasteiger partial charge in [-0.2, -0.15) is 0 Å². The topological polar surface area (TPSA) is 38.0 Å². The number of benzene rings is 9. The van der Waals surface area contributed by atoms with E-state index in [4.69, 9.17) is 5.73 Å². The van der Waals surface area contributed by atoms with E-state index in [0.717, 1.165) is 17.1 Å². The van der Waals surface area contributed by atoms with E-state index in [1.165, 1.54) is 82.7 Å². The van der Waals surface area contributed by atoms with Crippen LogP contribution < -0.4 is 11.1 Å². The Morgan fingerprint density at radius 2 is 0.849 bits per heavy atom. The normalized spacial score (nSPS) is 11.2. The number of nitrogen functional groups attached to an aromatic ring is 1. The Morgan fingerprint density at radius 1 is 0.358 bits per heavy atom. The first-order valence-electron chi connectivity index (χ1n) is 18.2. The van der Waals surface area contributed by atoms with Gasteiger partial charge in [-0.15, -0.1) is 0 Å². The van der Waals surface area contributed by atoms with Crippen LogP contribution in [0, 0.1) is 6.92 Å². The number of hydrogen-bond acceptors (Lipinski definition) is 2. The van der Waals surface area contributed by atoms with Crippen molar-refractivity contribution >= 4 is 38.6 Å². The molecule has 53 heavy (non-hydrogen) atoms. The van der Waals surface area contributed by atoms with Gasteiger partial charge in [-0.25, -0.2) is 0 Å². The third-order valence-corrected chi connectivity index (χ3v) is 10.3. The van der Waals surface area contributed by atoms with Crippen molar-refractivity contribution in [1.29, 1.82) is 0 Å². The molecular weight excluding hydrogens is 641 g/mol. The van der Waals surface area contributed by atoms with Gasteiger partial charge < -0.3 is 11.1 Å². The van der Waals surface area contributed by atoms with Gasteiger partial charge in [0, 0.05) is 5.69 Å². The van der Waals surface area contributed by atoms with Gasteiger partial charge in [0.1, 0.15) is 0 Å². The molecule has 0 aliphatic heterocycles. The fraction of sp³-hybridized carbons (Fsp3) is 0.0196. The predicted molar refractivity (Wildman–Crippen MR) is 228 cm³/mol. The molecule has 0 bridgehead atoms. The number of hydrogen-bond donors (Lipinski definition) is 2. The number of aryl methyl sites for hydroxylation is 1. The molecule has 2 heteroatoms. The van der Waals surface area contributed by atoms with Crippen molar-refractivity contribution in [1.82, 2.24) is 0 Å². The maximum absolute atomic E-state index is 5.81. The monoisotopic (exact) mass is 678 g/mol. The summed E-state index contributed by atoms with van der Waals surface area (Å²) >= 11 is 0. The Bertz CT molecular complexity index is 2640. The Balaban J connectivity index is 0.000000224. The van der Waals surface area contributed by atoms with Crippen LogP contribution in [0.25, 0.3) is 77.2 Å². The highest BCUT2D eigenvalue weighted by atomic mass is 14.9. The van der Waals surface area contributed by atoms with Gasteiger partial charge in [0.2, 0.25) is 0 Å². The second kappa shape index (κ2) is 13.7. The third kappa shape index (κ3) is 5.81. The summed E-state index contributed by atoms with van der Waals surface area (Å²) in [7, 11) is 0. The van der Waals surface area contributed by atoms with Gasteiger partial charge in [0.25, 0.3) is 0 Å². The lowest BCUT2D eigenvalue weighted by Crippen LogP contribution is -1.94. The van der Waals surface area contributed by atoms with E-state index < -0.39 is 0 Å². The minimum Gasteiger partial charge on any atom is -0.397 e. The van der Waals surface area contributed by atoms with Crippen LogP contribution in [0.1, 0.15) is 5.56 Å². The predicted octanol–water partition coefficient (Wildman–Crippen LogP) is 14.0. The van der Waals surface area contributed by atoms with Crippen molar-refractivity contribution in [3.63, 3.8) is 0 Å². The minimum absolute atomic E-state index is 0.761. The van der Waals surface area contributed by atoms with Crippen LogP contribution in [0.4, 0.5) is 17.1 Å². The molecule has 0 atom stereocenters. The van der Waals surface area contributed by atoms with Gasteiger partial charge in [0.15, 0.2) is 0 Å². The average molecular weight is 679 g/mol. The third-order valence-electron chi connectivity index (χ3n) is 10.3. The summed E-state index contributed by atoms with van der Waals surface area (Å²) in [5.41, 5.74) is 22.9. The highest BCUT2D eigenvalue weighted by Crippen LogP contribution is 2.58. The molecule has 1 aliphatic carbocycles. The Hall–Kier alpha value is -6.90. The van der Waals surface area contributed by atoms with E-state index in [1.807, 2.05) is 54.6 Å². The van der Waals surface area contributed by atoms with Crippen LogP contribution in [0.2, 0.25) is 0 Å². The molecular formula is C51H38N2. The molecule has 2 nitrogen and oxygen atoms in total. The van der Waals surface area contributed by atoms with Crippen molar-refractivity contribution in [3.8, 4) is 55.6 Å². The summed E-state index contributed by atoms with van der Waals surface area (Å²) in [6, 6.07) is 69.0. The average Bonchev–Trinajstić information content (AvgIpc) is 3.54. The molecule has 0 unspecified atom stereocenters. The van der Waals surface area contributed by atoms with E-state index >= 15 is 0 Å². The Morgan fingerprint density at radius 3 is 1.45 bits per heavy atom. The molecule has 252 valence electrons. The standard InChI is InChI=1S/C39H26.C12H12N2/c1-25-19-21-26(22-20-25)29-23-24-34-37-30(29)17-10-18-33(37)38-35(27-11-4-2-5-12-27)31-15-8-9-16-32(31)36(39(34)38)28-13-6-3-7-14-28;13-11-8-4-5-9-12(11)14-10-6-2-1-3-7-10/h2-24H,1H3;1-9,14H,13H2. The first kappa shape index (κ1) is 32.0. The lowest BCUT2D eigenvalue weighted by molar-refractivity contribution is 1.47. The summed E-state index contributed by atoms with van der Waals surface area (Å²) in [5.74, 6) is 0. The highest BCUT2D eigenvalue weighted by Gasteiger charge is 2.31. The number of fused-ring (bicyclic) bond motifs is 4. The maximum atomic E-state index is 5.81. The lowest BCUT2D eigenvalue weighted by atomic mass is 9.82. The molecule has 9 aromatic rings. The van der Waals surface area contributed by atoms with Gasteiger partial charge in [0.05, 0.1) is 11.4 Å². The van der Waals surface area contributed by atoms with Crippen LogP contribution in [-0.2, 0) is 0 Å². The van der Waals surface area contributed by atoms with Gasteiger partial charge in [-0.1, -0.05) is 175 Å². The van der Waals surface area contributed by atoms with Gasteiger partial charge in [-0.05, 0) is 108 Å². The highest BCUT2D eigenvalue weighted by molar-refractivity contribution is 6.28. The fourth-order valence-electron chi connectivity index (χ4n) is 7.88. The molecule has 0 amide bonds. The van der Waals surface area contributed by atoms with E-state index in [0.29, 0.717) is 0 Å². The molecule has 1 aliphatic rings. The van der Waals surface area contributed by atoms with Crippen LogP contribution in [-0.4, -0.2) is 0 Å². The van der Waals surface area contributed by atoms with Crippen LogP contribution in [0.5, 0.6) is 0 Å². The molecule has 0 fully saturated rings. The van der Waals surface area contributed by atoms with Crippen LogP contribution >= 0.6 is 0 Å². The van der Waals surface area contributed by atoms with Crippen molar-refractivity contribution < 1.29 is 0 Å². The largest absolute Gasteiger partial charge is 0.397 e. The summed E-state index contributed by atoms with van der Waals surface area (Å²) in [6.07, 6.45) is 0. The van der Waals surface area contributed by atoms with Crippen molar-refractivity contribution in [3.05, 3.63) is 200 Å². The number of anilines is 3. The molecule has 0 radical (unpaired) electrons. The second-order valence-corrected chi connectivity index (χ2v) is 13.6. The minimum atomic E-state index is 0.761. The van der Waals surface area contributed by atoms with E-state index in [-0.39, 0.29) is 0 Å². The summed E-state index contributed by atoms with van der Waals surface area (Å²) < 4.78 is 0. The Labute approximate surface area is 310 Å². The van der Waals surface area contributed by atoms with Gasteiger partial charge in [-0.3, -0.25) is 0 Å². The van der Waals surface area contributed by atoms with Crippen molar-refractivity contribution in [2.24, 2.45) is 0 Å². The quantitative estimate of drug-likeness (QED) is 0.178. The van der Waals surface area contributed by atoms with E-state index in [1.54, 1.807) is 0 Å². The maximum Gasteiger partial charge on any atom is 0.0617 e. The van der Waals surface area contributed by atoms with Crippen LogP contribution in [0.3, 0.4) is 0 Å². The summed E-state index contributed by atoms with van der Waals surface area (Å²) in [4.78, 5) is 0. The summed E-state index contributed by atoms with van der Waals surface area (Å²) in [5, 5.41) is 8.51. The zero-order valence-corrected chi connectivity index (χ0v) is 29.6. The van der Waals surface area contributed by atoms with Crippen LogP contribution in [0.15, 0.2) is 194 Å². The lowest BCUT2D eigenvalue weighted by Gasteiger charge is -2.20. The zero-order valence-electron chi connectivity index (χ0n) is 29.6. The molecule has 10 rings (SSSR count). The number of rotatable bonds is 5. The smallest absolute Gasteiger partial charge is 0.0617 e. The molecule has 3 N–H and O–H groups in total. The zero-order chi connectivity index (χ0) is 35.7. The van der Waals surface area contributed by atoms with Crippen molar-refractivity contribution in [2.75, 3.05) is 11.1 Å². The molecule has 0 spiro atoms. The molecule has 0 aromatic heterocycles. The second-order valence-electron chi connectivity index (χ2n) is 13.6. The van der Waals surface area contributed by atoms with Crippen molar-refractivity contribution in [2.45, 2.75) is 6.92 Å². The molecule has 0 heterocycles. The van der Waals surface area contributed by atoms with E-state index in [9.17, 15) is 0 Å². The molecule has 0 saturated carbocycles. The molecule has 9 aromatic carbocycles. The number of nitrogens with one attached hydrogen (secondary N) is 1. The molecule has 0 saturated heterocycles. The number of para-hydroxylation sites is 3. The number of nitrogens with two attached hydrogens (primary N) is 1. The Kier molecular flexibility index (Phi) is 8.26.